The molecule has 24 heavy (non-hydrogen) atoms. The molecule has 0 unspecified atom stereocenters. The van der Waals surface area contributed by atoms with Crippen molar-refractivity contribution < 1.29 is 8.42 Å². The van der Waals surface area contributed by atoms with Gasteiger partial charge in [-0.2, -0.15) is 0 Å². The van der Waals surface area contributed by atoms with E-state index in [4.69, 9.17) is 0 Å². The SMILES string of the molecule is C=CCCCN(C)C(=NCCNS(=O)(=O)c1cccnc1)NCC. The standard InChI is InChI=1S/C16H27N5O2S/c1-4-6-7-13-21(3)16(18-5-2)19-11-12-20-24(22,23)15-9-8-10-17-14-15/h4,8-10,14,20H,1,5-7,11-13H2,2-3H3,(H,18,19). The summed E-state index contributed by atoms with van der Waals surface area (Å²) < 4.78 is 26.7. The molecule has 1 aromatic heterocycles. The Morgan fingerprint density at radius 1 is 1.50 bits per heavy atom. The Morgan fingerprint density at radius 2 is 2.29 bits per heavy atom. The number of rotatable bonds is 10. The van der Waals surface area contributed by atoms with Gasteiger partial charge in [0.2, 0.25) is 10.0 Å². The number of unbranched alkanes of at least 4 members (excludes halogenated alkanes) is 1. The van der Waals surface area contributed by atoms with Crippen molar-refractivity contribution in [1.29, 1.82) is 0 Å². The number of sulfonamides is 1. The smallest absolute Gasteiger partial charge is 0.242 e. The fraction of sp³-hybridized carbons (Fsp3) is 0.500. The number of aromatic nitrogens is 1. The Kier molecular flexibility index (Phi) is 9.03. The molecule has 0 aliphatic heterocycles. The molecular weight excluding hydrogens is 326 g/mol. The summed E-state index contributed by atoms with van der Waals surface area (Å²) in [4.78, 5) is 10.5. The average molecular weight is 353 g/mol. The number of nitrogens with one attached hydrogen (secondary N) is 2. The summed E-state index contributed by atoms with van der Waals surface area (Å²) in [6.07, 6.45) is 6.70. The van der Waals surface area contributed by atoms with Crippen molar-refractivity contribution in [3.63, 3.8) is 0 Å². The third kappa shape index (κ3) is 7.10. The highest BCUT2D eigenvalue weighted by molar-refractivity contribution is 7.89. The van der Waals surface area contributed by atoms with Crippen LogP contribution in [0, 0.1) is 0 Å². The van der Waals surface area contributed by atoms with Crippen LogP contribution in [0.5, 0.6) is 0 Å². The molecule has 0 fully saturated rings. The molecule has 0 aliphatic carbocycles. The first-order valence-corrected chi connectivity index (χ1v) is 9.49. The summed E-state index contributed by atoms with van der Waals surface area (Å²) in [6, 6.07) is 3.10. The van der Waals surface area contributed by atoms with Crippen molar-refractivity contribution in [2.45, 2.75) is 24.7 Å². The molecule has 1 aromatic rings. The maximum absolute atomic E-state index is 12.1. The minimum atomic E-state index is -3.54. The fourth-order valence-corrected chi connectivity index (χ4v) is 2.96. The lowest BCUT2D eigenvalue weighted by molar-refractivity contribution is 0.470. The van der Waals surface area contributed by atoms with E-state index in [1.807, 2.05) is 24.9 Å². The van der Waals surface area contributed by atoms with Crippen LogP contribution in [-0.2, 0) is 10.0 Å². The van der Waals surface area contributed by atoms with E-state index in [1.165, 1.54) is 18.5 Å². The van der Waals surface area contributed by atoms with Crippen molar-refractivity contribution >= 4 is 16.0 Å². The molecule has 8 heteroatoms. The largest absolute Gasteiger partial charge is 0.357 e. The van der Waals surface area contributed by atoms with Crippen LogP contribution in [0.15, 0.2) is 47.1 Å². The van der Waals surface area contributed by atoms with Crippen molar-refractivity contribution in [3.05, 3.63) is 37.2 Å². The van der Waals surface area contributed by atoms with Gasteiger partial charge in [-0.15, -0.1) is 6.58 Å². The maximum Gasteiger partial charge on any atom is 0.242 e. The Morgan fingerprint density at radius 3 is 2.92 bits per heavy atom. The van der Waals surface area contributed by atoms with E-state index < -0.39 is 10.0 Å². The van der Waals surface area contributed by atoms with E-state index in [9.17, 15) is 8.42 Å². The number of allylic oxidation sites excluding steroid dienone is 1. The summed E-state index contributed by atoms with van der Waals surface area (Å²) in [5.41, 5.74) is 0. The molecule has 1 rings (SSSR count). The number of pyridine rings is 1. The van der Waals surface area contributed by atoms with Gasteiger partial charge < -0.3 is 10.2 Å². The van der Waals surface area contributed by atoms with Gasteiger partial charge in [-0.1, -0.05) is 6.08 Å². The highest BCUT2D eigenvalue weighted by Gasteiger charge is 2.12. The third-order valence-electron chi connectivity index (χ3n) is 3.21. The minimum Gasteiger partial charge on any atom is -0.357 e. The Balaban J connectivity index is 2.53. The molecule has 0 amide bonds. The van der Waals surface area contributed by atoms with Crippen LogP contribution >= 0.6 is 0 Å². The monoisotopic (exact) mass is 353 g/mol. The van der Waals surface area contributed by atoms with Gasteiger partial charge >= 0.3 is 0 Å². The summed E-state index contributed by atoms with van der Waals surface area (Å²) in [7, 11) is -1.57. The van der Waals surface area contributed by atoms with Gasteiger partial charge in [0, 0.05) is 39.1 Å². The molecule has 0 radical (unpaired) electrons. The molecule has 1 heterocycles. The Bertz CT molecular complexity index is 617. The minimum absolute atomic E-state index is 0.155. The van der Waals surface area contributed by atoms with Gasteiger partial charge in [-0.05, 0) is 31.9 Å². The lowest BCUT2D eigenvalue weighted by atomic mass is 10.3. The zero-order valence-electron chi connectivity index (χ0n) is 14.4. The number of aliphatic imine (C=N–C) groups is 1. The second kappa shape index (κ2) is 10.8. The fourth-order valence-electron chi connectivity index (χ4n) is 1.98. The predicted molar refractivity (Wildman–Crippen MR) is 97.5 cm³/mol. The number of guanidine groups is 1. The van der Waals surface area contributed by atoms with Crippen LogP contribution in [0.3, 0.4) is 0 Å². The molecule has 0 aromatic carbocycles. The van der Waals surface area contributed by atoms with E-state index in [-0.39, 0.29) is 11.4 Å². The molecule has 0 bridgehead atoms. The molecule has 2 N–H and O–H groups in total. The Hall–Kier alpha value is -1.93. The zero-order chi connectivity index (χ0) is 17.8. The Labute approximate surface area is 144 Å². The van der Waals surface area contributed by atoms with Gasteiger partial charge in [0.25, 0.3) is 0 Å². The van der Waals surface area contributed by atoms with Crippen molar-refractivity contribution in [2.24, 2.45) is 4.99 Å². The lowest BCUT2D eigenvalue weighted by Crippen LogP contribution is -2.40. The number of nitrogens with zero attached hydrogens (tertiary/aromatic N) is 3. The van der Waals surface area contributed by atoms with E-state index in [0.717, 1.165) is 31.9 Å². The summed E-state index contributed by atoms with van der Waals surface area (Å²) in [6.45, 7) is 7.91. The van der Waals surface area contributed by atoms with Gasteiger partial charge in [0.15, 0.2) is 5.96 Å². The number of hydrogen-bond donors (Lipinski definition) is 2. The van der Waals surface area contributed by atoms with Crippen LogP contribution in [0.4, 0.5) is 0 Å². The van der Waals surface area contributed by atoms with Crippen LogP contribution < -0.4 is 10.0 Å². The van der Waals surface area contributed by atoms with Crippen LogP contribution in [0.1, 0.15) is 19.8 Å². The first kappa shape index (κ1) is 20.1. The normalized spacial score (nSPS) is 12.0. The van der Waals surface area contributed by atoms with Crippen LogP contribution in [0.25, 0.3) is 0 Å². The van der Waals surface area contributed by atoms with Crippen LogP contribution in [0.2, 0.25) is 0 Å². The van der Waals surface area contributed by atoms with Crippen molar-refractivity contribution in [2.75, 3.05) is 33.2 Å². The zero-order valence-corrected chi connectivity index (χ0v) is 15.2. The molecular formula is C16H27N5O2S. The van der Waals surface area contributed by atoms with Gasteiger partial charge in [0.05, 0.1) is 6.54 Å². The van der Waals surface area contributed by atoms with E-state index in [2.05, 4.69) is 26.6 Å². The molecule has 0 atom stereocenters. The highest BCUT2D eigenvalue weighted by atomic mass is 32.2. The molecule has 0 spiro atoms. The van der Waals surface area contributed by atoms with E-state index in [1.54, 1.807) is 6.07 Å². The van der Waals surface area contributed by atoms with Gasteiger partial charge in [0.1, 0.15) is 4.90 Å². The van der Waals surface area contributed by atoms with Gasteiger partial charge in [-0.25, -0.2) is 13.1 Å². The van der Waals surface area contributed by atoms with Gasteiger partial charge in [-0.3, -0.25) is 9.98 Å². The van der Waals surface area contributed by atoms with Crippen molar-refractivity contribution in [1.82, 2.24) is 19.9 Å². The van der Waals surface area contributed by atoms with E-state index >= 15 is 0 Å². The third-order valence-corrected chi connectivity index (χ3v) is 4.65. The topological polar surface area (TPSA) is 86.7 Å². The molecule has 0 aliphatic rings. The number of hydrogen-bond acceptors (Lipinski definition) is 4. The molecule has 134 valence electrons. The average Bonchev–Trinajstić information content (AvgIpc) is 2.58. The quantitative estimate of drug-likeness (QED) is 0.286. The second-order valence-corrected chi connectivity index (χ2v) is 6.94. The maximum atomic E-state index is 12.1. The summed E-state index contributed by atoms with van der Waals surface area (Å²) >= 11 is 0. The predicted octanol–water partition coefficient (Wildman–Crippen LogP) is 1.22. The molecule has 7 nitrogen and oxygen atoms in total. The highest BCUT2D eigenvalue weighted by Crippen LogP contribution is 2.04. The first-order valence-electron chi connectivity index (χ1n) is 8.01. The second-order valence-electron chi connectivity index (χ2n) is 5.17. The lowest BCUT2D eigenvalue weighted by Gasteiger charge is -2.21. The van der Waals surface area contributed by atoms with E-state index in [0.29, 0.717) is 6.54 Å². The van der Waals surface area contributed by atoms with Crippen LogP contribution in [-0.4, -0.2) is 57.5 Å². The summed E-state index contributed by atoms with van der Waals surface area (Å²) in [5.74, 6) is 0.766. The molecule has 0 saturated heterocycles. The molecule has 0 saturated carbocycles. The summed E-state index contributed by atoms with van der Waals surface area (Å²) in [5, 5.41) is 3.20. The van der Waals surface area contributed by atoms with Crippen molar-refractivity contribution in [3.8, 4) is 0 Å². The first-order chi connectivity index (χ1) is 11.5.